The van der Waals surface area contributed by atoms with Crippen molar-refractivity contribution in [3.63, 3.8) is 0 Å². The van der Waals surface area contributed by atoms with E-state index in [1.807, 2.05) is 12.1 Å². The molecule has 1 saturated heterocycles. The van der Waals surface area contributed by atoms with Gasteiger partial charge < -0.3 is 4.74 Å². The topological polar surface area (TPSA) is 25.4 Å². The van der Waals surface area contributed by atoms with Crippen molar-refractivity contribution in [3.8, 4) is 5.88 Å². The minimum absolute atomic E-state index is 0.707. The minimum atomic E-state index is 0.707. The fourth-order valence-corrected chi connectivity index (χ4v) is 2.05. The van der Waals surface area contributed by atoms with Crippen LogP contribution >= 0.6 is 0 Å². The normalized spacial score (nSPS) is 17.5. The number of pyridine rings is 1. The fraction of sp³-hybridized carbons (Fsp3) is 0.615. The molecule has 0 saturated carbocycles. The average molecular weight is 220 g/mol. The number of methoxy groups -OCH3 is 1. The molecule has 88 valence electrons. The molecule has 1 aliphatic rings. The number of hydrogen-bond acceptors (Lipinski definition) is 3. The molecule has 0 aliphatic carbocycles. The maximum Gasteiger partial charge on any atom is 0.213 e. The first-order valence-corrected chi connectivity index (χ1v) is 5.91. The van der Waals surface area contributed by atoms with Crippen molar-refractivity contribution in [2.24, 2.45) is 11.8 Å². The molecule has 3 heteroatoms. The molecule has 16 heavy (non-hydrogen) atoms. The molecule has 0 amide bonds. The standard InChI is InChI=1S/C13H20N2O/c1-10(2)11-7-15(8-11)9-12-5-4-6-13(14-12)16-3/h4-6,10-11H,7-9H2,1-3H3. The van der Waals surface area contributed by atoms with E-state index in [9.17, 15) is 0 Å². The Balaban J connectivity index is 1.86. The van der Waals surface area contributed by atoms with E-state index in [0.717, 1.165) is 24.1 Å². The zero-order valence-corrected chi connectivity index (χ0v) is 10.3. The number of rotatable bonds is 4. The van der Waals surface area contributed by atoms with Crippen molar-refractivity contribution in [2.45, 2.75) is 20.4 Å². The molecule has 0 spiro atoms. The van der Waals surface area contributed by atoms with E-state index in [1.54, 1.807) is 7.11 Å². The van der Waals surface area contributed by atoms with Crippen LogP contribution in [0.5, 0.6) is 5.88 Å². The zero-order valence-electron chi connectivity index (χ0n) is 10.3. The highest BCUT2D eigenvalue weighted by atomic mass is 16.5. The zero-order chi connectivity index (χ0) is 11.5. The lowest BCUT2D eigenvalue weighted by molar-refractivity contribution is 0.0601. The van der Waals surface area contributed by atoms with Crippen molar-refractivity contribution >= 4 is 0 Å². The van der Waals surface area contributed by atoms with E-state index in [-0.39, 0.29) is 0 Å². The third kappa shape index (κ3) is 2.53. The van der Waals surface area contributed by atoms with Crippen molar-refractivity contribution in [3.05, 3.63) is 23.9 Å². The lowest BCUT2D eigenvalue weighted by Crippen LogP contribution is -2.48. The number of aromatic nitrogens is 1. The average Bonchev–Trinajstić information content (AvgIpc) is 2.22. The highest BCUT2D eigenvalue weighted by molar-refractivity contribution is 5.15. The van der Waals surface area contributed by atoms with Crippen molar-refractivity contribution in [1.82, 2.24) is 9.88 Å². The lowest BCUT2D eigenvalue weighted by atomic mass is 9.88. The van der Waals surface area contributed by atoms with E-state index >= 15 is 0 Å². The van der Waals surface area contributed by atoms with Gasteiger partial charge >= 0.3 is 0 Å². The predicted molar refractivity (Wildman–Crippen MR) is 64.4 cm³/mol. The molecular weight excluding hydrogens is 200 g/mol. The van der Waals surface area contributed by atoms with E-state index in [0.29, 0.717) is 5.88 Å². The Kier molecular flexibility index (Phi) is 3.44. The van der Waals surface area contributed by atoms with Gasteiger partial charge in [0.05, 0.1) is 12.8 Å². The van der Waals surface area contributed by atoms with Gasteiger partial charge in [-0.2, -0.15) is 0 Å². The summed E-state index contributed by atoms with van der Waals surface area (Å²) >= 11 is 0. The number of likely N-dealkylation sites (tertiary alicyclic amines) is 1. The Hall–Kier alpha value is -1.09. The van der Waals surface area contributed by atoms with Crippen molar-refractivity contribution < 1.29 is 4.74 Å². The molecule has 0 bridgehead atoms. The van der Waals surface area contributed by atoms with Gasteiger partial charge in [-0.15, -0.1) is 0 Å². The van der Waals surface area contributed by atoms with Crippen LogP contribution in [0.1, 0.15) is 19.5 Å². The first kappa shape index (κ1) is 11.4. The summed E-state index contributed by atoms with van der Waals surface area (Å²) in [6.45, 7) is 7.95. The maximum absolute atomic E-state index is 5.12. The first-order valence-electron chi connectivity index (χ1n) is 5.91. The van der Waals surface area contributed by atoms with E-state index in [1.165, 1.54) is 13.1 Å². The molecule has 0 N–H and O–H groups in total. The first-order chi connectivity index (χ1) is 7.69. The van der Waals surface area contributed by atoms with Crippen LogP contribution in [-0.2, 0) is 6.54 Å². The van der Waals surface area contributed by atoms with E-state index in [2.05, 4.69) is 29.8 Å². The maximum atomic E-state index is 5.12. The second-order valence-corrected chi connectivity index (χ2v) is 4.87. The van der Waals surface area contributed by atoms with Crippen LogP contribution in [0.25, 0.3) is 0 Å². The SMILES string of the molecule is COc1cccc(CN2CC(C(C)C)C2)n1. The molecular formula is C13H20N2O. The summed E-state index contributed by atoms with van der Waals surface area (Å²) in [6, 6.07) is 5.95. The fourth-order valence-electron chi connectivity index (χ4n) is 2.05. The largest absolute Gasteiger partial charge is 0.481 e. The van der Waals surface area contributed by atoms with Crippen LogP contribution in [-0.4, -0.2) is 30.1 Å². The quantitative estimate of drug-likeness (QED) is 0.777. The summed E-state index contributed by atoms with van der Waals surface area (Å²) in [7, 11) is 1.66. The van der Waals surface area contributed by atoms with Gasteiger partial charge in [0.2, 0.25) is 5.88 Å². The highest BCUT2D eigenvalue weighted by Gasteiger charge is 2.28. The Morgan fingerprint density at radius 3 is 2.81 bits per heavy atom. The van der Waals surface area contributed by atoms with Gasteiger partial charge in [-0.25, -0.2) is 4.98 Å². The van der Waals surface area contributed by atoms with Crippen LogP contribution in [0.4, 0.5) is 0 Å². The molecule has 0 aromatic carbocycles. The second kappa shape index (κ2) is 4.83. The smallest absolute Gasteiger partial charge is 0.213 e. The molecule has 1 aromatic rings. The summed E-state index contributed by atoms with van der Waals surface area (Å²) < 4.78 is 5.12. The van der Waals surface area contributed by atoms with E-state index in [4.69, 9.17) is 4.74 Å². The molecule has 1 aromatic heterocycles. The minimum Gasteiger partial charge on any atom is -0.481 e. The van der Waals surface area contributed by atoms with Crippen LogP contribution in [0.15, 0.2) is 18.2 Å². The molecule has 0 unspecified atom stereocenters. The van der Waals surface area contributed by atoms with Crippen LogP contribution in [0, 0.1) is 11.8 Å². The second-order valence-electron chi connectivity index (χ2n) is 4.87. The van der Waals surface area contributed by atoms with Crippen molar-refractivity contribution in [1.29, 1.82) is 0 Å². The Bertz CT molecular complexity index is 346. The predicted octanol–water partition coefficient (Wildman–Crippen LogP) is 2.18. The number of nitrogens with zero attached hydrogens (tertiary/aromatic N) is 2. The number of hydrogen-bond donors (Lipinski definition) is 0. The lowest BCUT2D eigenvalue weighted by Gasteiger charge is -2.41. The Morgan fingerprint density at radius 1 is 1.44 bits per heavy atom. The molecule has 0 atom stereocenters. The Labute approximate surface area is 97.4 Å². The Morgan fingerprint density at radius 2 is 2.19 bits per heavy atom. The summed E-state index contributed by atoms with van der Waals surface area (Å²) in [5.41, 5.74) is 1.10. The molecule has 2 heterocycles. The summed E-state index contributed by atoms with van der Waals surface area (Å²) in [5, 5.41) is 0. The van der Waals surface area contributed by atoms with E-state index < -0.39 is 0 Å². The molecule has 3 nitrogen and oxygen atoms in total. The van der Waals surface area contributed by atoms with Gasteiger partial charge in [0.25, 0.3) is 0 Å². The van der Waals surface area contributed by atoms with Gasteiger partial charge in [-0.3, -0.25) is 4.90 Å². The molecule has 1 fully saturated rings. The van der Waals surface area contributed by atoms with Crippen LogP contribution in [0.2, 0.25) is 0 Å². The van der Waals surface area contributed by atoms with Crippen LogP contribution in [0.3, 0.4) is 0 Å². The summed E-state index contributed by atoms with van der Waals surface area (Å²) in [6.07, 6.45) is 0. The van der Waals surface area contributed by atoms with Crippen LogP contribution < -0.4 is 4.74 Å². The molecule has 2 rings (SSSR count). The number of ether oxygens (including phenoxy) is 1. The van der Waals surface area contributed by atoms with Gasteiger partial charge in [-0.1, -0.05) is 19.9 Å². The summed E-state index contributed by atoms with van der Waals surface area (Å²) in [5.74, 6) is 2.37. The molecule has 0 radical (unpaired) electrons. The highest BCUT2D eigenvalue weighted by Crippen LogP contribution is 2.24. The third-order valence-electron chi connectivity index (χ3n) is 3.30. The third-order valence-corrected chi connectivity index (χ3v) is 3.30. The molecule has 1 aliphatic heterocycles. The van der Waals surface area contributed by atoms with Gasteiger partial charge in [0, 0.05) is 25.7 Å². The van der Waals surface area contributed by atoms with Crippen molar-refractivity contribution in [2.75, 3.05) is 20.2 Å². The van der Waals surface area contributed by atoms with Gasteiger partial charge in [0.15, 0.2) is 0 Å². The summed E-state index contributed by atoms with van der Waals surface area (Å²) in [4.78, 5) is 6.86. The monoisotopic (exact) mass is 220 g/mol. The van der Waals surface area contributed by atoms with Gasteiger partial charge in [0.1, 0.15) is 0 Å². The van der Waals surface area contributed by atoms with Gasteiger partial charge in [-0.05, 0) is 17.9 Å².